The van der Waals surface area contributed by atoms with Gasteiger partial charge in [-0.05, 0) is 53.6 Å². The van der Waals surface area contributed by atoms with Gasteiger partial charge in [-0.2, -0.15) is 0 Å². The van der Waals surface area contributed by atoms with Crippen LogP contribution in [-0.4, -0.2) is 16.5 Å². The number of aromatic nitrogens is 1. The lowest BCUT2D eigenvalue weighted by Crippen LogP contribution is -2.34. The molecule has 0 saturated heterocycles. The smallest absolute Gasteiger partial charge is 0.268 e. The maximum atomic E-state index is 12.3. The van der Waals surface area contributed by atoms with E-state index in [1.54, 1.807) is 0 Å². The van der Waals surface area contributed by atoms with Gasteiger partial charge in [0.1, 0.15) is 5.69 Å². The van der Waals surface area contributed by atoms with Crippen molar-refractivity contribution in [1.29, 1.82) is 0 Å². The molecule has 1 aromatic rings. The Bertz CT molecular complexity index is 451. The largest absolute Gasteiger partial charge is 0.348 e. The number of amides is 1. The third kappa shape index (κ3) is 2.97. The normalized spacial score (nSPS) is 22.1. The van der Waals surface area contributed by atoms with Crippen LogP contribution in [0.4, 0.5) is 0 Å². The Balaban J connectivity index is 2.04. The highest BCUT2D eigenvalue weighted by atomic mass is 79.9. The van der Waals surface area contributed by atoms with Crippen LogP contribution in [0.2, 0.25) is 0 Å². The number of hydrogen-bond donors (Lipinski definition) is 1. The summed E-state index contributed by atoms with van der Waals surface area (Å²) in [6, 6.07) is 2.21. The molecule has 0 spiro atoms. The minimum Gasteiger partial charge on any atom is -0.348 e. The molecule has 0 aromatic carbocycles. The van der Waals surface area contributed by atoms with E-state index in [1.165, 1.54) is 6.42 Å². The molecule has 1 amide bonds. The van der Waals surface area contributed by atoms with E-state index in [-0.39, 0.29) is 5.91 Å². The van der Waals surface area contributed by atoms with Gasteiger partial charge in [0.05, 0.1) is 0 Å². The van der Waals surface area contributed by atoms with Gasteiger partial charge in [-0.25, -0.2) is 0 Å². The fraction of sp³-hybridized carbons (Fsp3) is 0.643. The van der Waals surface area contributed by atoms with E-state index in [1.807, 2.05) is 23.8 Å². The SMILES string of the molecule is CCn1cc(Br)cc1C(=O)NC1CCC(C)(C)C1. The molecular formula is C14H21BrN2O. The van der Waals surface area contributed by atoms with Gasteiger partial charge in [-0.1, -0.05) is 13.8 Å². The van der Waals surface area contributed by atoms with Crippen molar-refractivity contribution < 1.29 is 4.79 Å². The zero-order valence-electron chi connectivity index (χ0n) is 11.3. The van der Waals surface area contributed by atoms with Crippen LogP contribution in [0.3, 0.4) is 0 Å². The van der Waals surface area contributed by atoms with Crippen LogP contribution in [0, 0.1) is 5.41 Å². The molecule has 1 heterocycles. The molecule has 1 aliphatic carbocycles. The van der Waals surface area contributed by atoms with E-state index >= 15 is 0 Å². The van der Waals surface area contributed by atoms with Gasteiger partial charge < -0.3 is 9.88 Å². The first kappa shape index (κ1) is 13.7. The molecule has 1 unspecified atom stereocenters. The van der Waals surface area contributed by atoms with Crippen LogP contribution in [0.25, 0.3) is 0 Å². The Morgan fingerprint density at radius 3 is 2.89 bits per heavy atom. The van der Waals surface area contributed by atoms with Crippen LogP contribution in [0.5, 0.6) is 0 Å². The second-order valence-corrected chi connectivity index (χ2v) is 6.82. The molecule has 18 heavy (non-hydrogen) atoms. The molecule has 2 rings (SSSR count). The summed E-state index contributed by atoms with van der Waals surface area (Å²) in [6.45, 7) is 7.39. The molecule has 0 bridgehead atoms. The second-order valence-electron chi connectivity index (χ2n) is 5.91. The fourth-order valence-corrected chi connectivity index (χ4v) is 3.21. The molecule has 4 heteroatoms. The monoisotopic (exact) mass is 312 g/mol. The molecule has 100 valence electrons. The summed E-state index contributed by atoms with van der Waals surface area (Å²) in [5, 5.41) is 3.16. The van der Waals surface area contributed by atoms with Crippen LogP contribution in [0.1, 0.15) is 50.5 Å². The van der Waals surface area contributed by atoms with Crippen LogP contribution in [-0.2, 0) is 6.54 Å². The van der Waals surface area contributed by atoms with E-state index in [0.29, 0.717) is 11.5 Å². The van der Waals surface area contributed by atoms with Gasteiger partial charge in [0.15, 0.2) is 0 Å². The summed E-state index contributed by atoms with van der Waals surface area (Å²) in [6.07, 6.45) is 5.31. The molecule has 1 atom stereocenters. The fourth-order valence-electron chi connectivity index (χ4n) is 2.75. The number of halogens is 1. The van der Waals surface area contributed by atoms with Gasteiger partial charge >= 0.3 is 0 Å². The minimum absolute atomic E-state index is 0.0465. The van der Waals surface area contributed by atoms with Gasteiger partial charge in [0, 0.05) is 23.3 Å². The number of rotatable bonds is 3. The van der Waals surface area contributed by atoms with Gasteiger partial charge in [0.2, 0.25) is 0 Å². The molecule has 0 radical (unpaired) electrons. The van der Waals surface area contributed by atoms with Crippen molar-refractivity contribution in [3.63, 3.8) is 0 Å². The molecule has 3 nitrogen and oxygen atoms in total. The van der Waals surface area contributed by atoms with Gasteiger partial charge in [0.25, 0.3) is 5.91 Å². The summed E-state index contributed by atoms with van der Waals surface area (Å²) >= 11 is 3.42. The Hall–Kier alpha value is -0.770. The second kappa shape index (κ2) is 5.08. The Labute approximate surface area is 117 Å². The zero-order chi connectivity index (χ0) is 13.3. The van der Waals surface area contributed by atoms with E-state index in [4.69, 9.17) is 0 Å². The first-order valence-corrected chi connectivity index (χ1v) is 7.37. The number of nitrogens with zero attached hydrogens (tertiary/aromatic N) is 1. The van der Waals surface area contributed by atoms with E-state index in [2.05, 4.69) is 35.1 Å². The van der Waals surface area contributed by atoms with Crippen molar-refractivity contribution in [3.05, 3.63) is 22.4 Å². The Kier molecular flexibility index (Phi) is 3.85. The van der Waals surface area contributed by atoms with Crippen molar-refractivity contribution in [2.45, 2.75) is 52.6 Å². The first-order chi connectivity index (χ1) is 8.41. The number of hydrogen-bond acceptors (Lipinski definition) is 1. The highest BCUT2D eigenvalue weighted by molar-refractivity contribution is 9.10. The van der Waals surface area contributed by atoms with Crippen molar-refractivity contribution >= 4 is 21.8 Å². The predicted molar refractivity (Wildman–Crippen MR) is 76.7 cm³/mol. The number of aryl methyl sites for hydroxylation is 1. The van der Waals surface area contributed by atoms with E-state index in [9.17, 15) is 4.79 Å². The average Bonchev–Trinajstić information content (AvgIpc) is 2.81. The molecule has 1 fully saturated rings. The van der Waals surface area contributed by atoms with Crippen LogP contribution in [0.15, 0.2) is 16.7 Å². The van der Waals surface area contributed by atoms with E-state index < -0.39 is 0 Å². The number of nitrogens with one attached hydrogen (secondary N) is 1. The molecule has 1 aliphatic rings. The molecule has 1 N–H and O–H groups in total. The Morgan fingerprint density at radius 2 is 2.33 bits per heavy atom. The first-order valence-electron chi connectivity index (χ1n) is 6.58. The lowest BCUT2D eigenvalue weighted by molar-refractivity contribution is 0.0926. The summed E-state index contributed by atoms with van der Waals surface area (Å²) in [7, 11) is 0. The van der Waals surface area contributed by atoms with Gasteiger partial charge in [-0.15, -0.1) is 0 Å². The van der Waals surface area contributed by atoms with Crippen molar-refractivity contribution in [1.82, 2.24) is 9.88 Å². The number of carbonyl (C=O) groups is 1. The Morgan fingerprint density at radius 1 is 1.61 bits per heavy atom. The molecular weight excluding hydrogens is 292 g/mol. The minimum atomic E-state index is 0.0465. The predicted octanol–water partition coefficient (Wildman–Crippen LogP) is 3.58. The lowest BCUT2D eigenvalue weighted by atomic mass is 9.92. The third-order valence-electron chi connectivity index (χ3n) is 3.74. The maximum Gasteiger partial charge on any atom is 0.268 e. The third-order valence-corrected chi connectivity index (χ3v) is 4.17. The molecule has 0 aliphatic heterocycles. The topological polar surface area (TPSA) is 34.0 Å². The summed E-state index contributed by atoms with van der Waals surface area (Å²) in [5.74, 6) is 0.0465. The highest BCUT2D eigenvalue weighted by Gasteiger charge is 2.32. The van der Waals surface area contributed by atoms with Crippen molar-refractivity contribution in [3.8, 4) is 0 Å². The van der Waals surface area contributed by atoms with E-state index in [0.717, 1.165) is 29.6 Å². The molecule has 1 saturated carbocycles. The zero-order valence-corrected chi connectivity index (χ0v) is 12.9. The van der Waals surface area contributed by atoms with Crippen LogP contribution < -0.4 is 5.32 Å². The number of carbonyl (C=O) groups excluding carboxylic acids is 1. The van der Waals surface area contributed by atoms with Crippen LogP contribution >= 0.6 is 15.9 Å². The quantitative estimate of drug-likeness (QED) is 0.909. The summed E-state index contributed by atoms with van der Waals surface area (Å²) in [5.41, 5.74) is 1.11. The van der Waals surface area contributed by atoms with Gasteiger partial charge in [-0.3, -0.25) is 4.79 Å². The molecule has 1 aromatic heterocycles. The average molecular weight is 313 g/mol. The van der Waals surface area contributed by atoms with Crippen molar-refractivity contribution in [2.75, 3.05) is 0 Å². The maximum absolute atomic E-state index is 12.3. The van der Waals surface area contributed by atoms with Crippen molar-refractivity contribution in [2.24, 2.45) is 5.41 Å². The lowest BCUT2D eigenvalue weighted by Gasteiger charge is -2.18. The summed E-state index contributed by atoms with van der Waals surface area (Å²) in [4.78, 5) is 12.3. The highest BCUT2D eigenvalue weighted by Crippen LogP contribution is 2.37. The summed E-state index contributed by atoms with van der Waals surface area (Å²) < 4.78 is 2.93. The standard InChI is InChI=1S/C14H21BrN2O/c1-4-17-9-10(15)7-12(17)13(18)16-11-5-6-14(2,3)8-11/h7,9,11H,4-6,8H2,1-3H3,(H,16,18).